The van der Waals surface area contributed by atoms with Crippen LogP contribution in [0.15, 0.2) is 34.4 Å². The number of carbonyl (C=O) groups is 3. The molecule has 1 aliphatic rings. The summed E-state index contributed by atoms with van der Waals surface area (Å²) in [7, 11) is 0. The second-order valence-electron chi connectivity index (χ2n) is 5.13. The molecule has 22 heavy (non-hydrogen) atoms. The minimum atomic E-state index is -1.28. The maximum atomic E-state index is 11.8. The number of benzene rings is 1. The number of anilines is 1. The van der Waals surface area contributed by atoms with Crippen LogP contribution >= 0.6 is 15.9 Å². The second-order valence-corrected chi connectivity index (χ2v) is 6.04. The van der Waals surface area contributed by atoms with Gasteiger partial charge in [-0.3, -0.25) is 4.79 Å². The first-order valence-electron chi connectivity index (χ1n) is 6.43. The van der Waals surface area contributed by atoms with E-state index in [9.17, 15) is 14.4 Å². The summed E-state index contributed by atoms with van der Waals surface area (Å²) >= 11 is 3.28. The second kappa shape index (κ2) is 5.92. The fourth-order valence-corrected chi connectivity index (χ4v) is 2.22. The fourth-order valence-electron chi connectivity index (χ4n) is 1.86. The maximum absolute atomic E-state index is 11.8. The number of rotatable bonds is 3. The molecule has 1 saturated heterocycles. The number of nitrogens with one attached hydrogen (secondary N) is 1. The molecule has 7 heteroatoms. The molecule has 0 saturated carbocycles. The Labute approximate surface area is 135 Å². The number of hydrogen-bond donors (Lipinski definition) is 1. The van der Waals surface area contributed by atoms with Crippen LogP contribution in [0.2, 0.25) is 0 Å². The Balaban J connectivity index is 2.27. The number of Topliss-reactive ketones (excluding diaryl/α,β-unsaturated/α-hetero) is 1. The SMILES string of the molecule is CC(=O)c1cc(Br)ccc1NC=C1C(=O)OC(C)(C)OC1=O. The summed E-state index contributed by atoms with van der Waals surface area (Å²) in [5.74, 6) is -3.00. The highest BCUT2D eigenvalue weighted by atomic mass is 79.9. The van der Waals surface area contributed by atoms with Gasteiger partial charge in [0.2, 0.25) is 0 Å². The number of ketones is 1. The van der Waals surface area contributed by atoms with Gasteiger partial charge in [0, 0.05) is 35.8 Å². The predicted molar refractivity (Wildman–Crippen MR) is 82.1 cm³/mol. The highest BCUT2D eigenvalue weighted by Gasteiger charge is 2.38. The Morgan fingerprint density at radius 1 is 1.23 bits per heavy atom. The molecule has 1 aromatic rings. The van der Waals surface area contributed by atoms with Crippen molar-refractivity contribution in [2.75, 3.05) is 5.32 Å². The first kappa shape index (κ1) is 16.2. The number of halogens is 1. The van der Waals surface area contributed by atoms with Gasteiger partial charge < -0.3 is 14.8 Å². The van der Waals surface area contributed by atoms with E-state index in [0.717, 1.165) is 4.47 Å². The van der Waals surface area contributed by atoms with Gasteiger partial charge in [-0.15, -0.1) is 0 Å². The lowest BCUT2D eigenvalue weighted by Gasteiger charge is -2.29. The zero-order chi connectivity index (χ0) is 16.5. The van der Waals surface area contributed by atoms with Gasteiger partial charge in [-0.2, -0.15) is 0 Å². The van der Waals surface area contributed by atoms with Gasteiger partial charge in [-0.05, 0) is 25.1 Å². The van der Waals surface area contributed by atoms with Gasteiger partial charge in [0.05, 0.1) is 0 Å². The molecule has 0 spiro atoms. The number of ether oxygens (including phenoxy) is 2. The van der Waals surface area contributed by atoms with Crippen LogP contribution in [0.3, 0.4) is 0 Å². The van der Waals surface area contributed by atoms with Crippen molar-refractivity contribution in [1.82, 2.24) is 0 Å². The molecule has 1 heterocycles. The lowest BCUT2D eigenvalue weighted by Crippen LogP contribution is -2.42. The standard InChI is InChI=1S/C15H14BrNO5/c1-8(18)10-6-9(16)4-5-12(10)17-7-11-13(19)21-15(2,3)22-14(11)20/h4-7,17H,1-3H3. The molecule has 0 bridgehead atoms. The van der Waals surface area contributed by atoms with E-state index in [2.05, 4.69) is 21.2 Å². The van der Waals surface area contributed by atoms with E-state index in [1.54, 1.807) is 18.2 Å². The average Bonchev–Trinajstić information content (AvgIpc) is 2.37. The van der Waals surface area contributed by atoms with Gasteiger partial charge in [0.1, 0.15) is 0 Å². The summed E-state index contributed by atoms with van der Waals surface area (Å²) in [5.41, 5.74) is 0.620. The Kier molecular flexibility index (Phi) is 4.37. The molecule has 0 atom stereocenters. The van der Waals surface area contributed by atoms with Crippen LogP contribution in [0.25, 0.3) is 0 Å². The summed E-state index contributed by atoms with van der Waals surface area (Å²) in [6.07, 6.45) is 1.18. The average molecular weight is 368 g/mol. The first-order valence-corrected chi connectivity index (χ1v) is 7.23. The van der Waals surface area contributed by atoms with E-state index in [1.165, 1.54) is 27.0 Å². The van der Waals surface area contributed by atoms with Crippen molar-refractivity contribution >= 4 is 39.3 Å². The van der Waals surface area contributed by atoms with Gasteiger partial charge in [0.15, 0.2) is 11.4 Å². The van der Waals surface area contributed by atoms with Gasteiger partial charge in [0.25, 0.3) is 5.79 Å². The zero-order valence-corrected chi connectivity index (χ0v) is 13.8. The van der Waals surface area contributed by atoms with Gasteiger partial charge in [-0.1, -0.05) is 15.9 Å². The maximum Gasteiger partial charge on any atom is 0.350 e. The van der Waals surface area contributed by atoms with E-state index in [0.29, 0.717) is 11.3 Å². The van der Waals surface area contributed by atoms with Crippen molar-refractivity contribution in [1.29, 1.82) is 0 Å². The third-order valence-electron chi connectivity index (χ3n) is 2.85. The normalized spacial score (nSPS) is 16.6. The molecule has 1 N–H and O–H groups in total. The number of esters is 2. The minimum Gasteiger partial charge on any atom is -0.419 e. The lowest BCUT2D eigenvalue weighted by molar-refractivity contribution is -0.222. The van der Waals surface area contributed by atoms with Crippen molar-refractivity contribution in [3.63, 3.8) is 0 Å². The largest absolute Gasteiger partial charge is 0.419 e. The molecule has 0 aliphatic carbocycles. The van der Waals surface area contributed by atoms with Crippen LogP contribution in [0.5, 0.6) is 0 Å². The van der Waals surface area contributed by atoms with E-state index in [1.807, 2.05) is 0 Å². The molecule has 2 rings (SSSR count). The Morgan fingerprint density at radius 3 is 2.36 bits per heavy atom. The highest BCUT2D eigenvalue weighted by Crippen LogP contribution is 2.25. The molecular weight excluding hydrogens is 354 g/mol. The Bertz CT molecular complexity index is 671. The Morgan fingerprint density at radius 2 is 1.82 bits per heavy atom. The summed E-state index contributed by atoms with van der Waals surface area (Å²) in [5, 5.41) is 2.77. The van der Waals surface area contributed by atoms with Crippen LogP contribution < -0.4 is 5.32 Å². The third kappa shape index (κ3) is 3.54. The molecule has 0 unspecified atom stereocenters. The Hall–Kier alpha value is -2.15. The van der Waals surface area contributed by atoms with Gasteiger partial charge >= 0.3 is 11.9 Å². The van der Waals surface area contributed by atoms with E-state index < -0.39 is 17.7 Å². The molecular formula is C15H14BrNO5. The van der Waals surface area contributed by atoms with Crippen molar-refractivity contribution in [3.8, 4) is 0 Å². The lowest BCUT2D eigenvalue weighted by atomic mass is 10.1. The third-order valence-corrected chi connectivity index (χ3v) is 3.34. The zero-order valence-electron chi connectivity index (χ0n) is 12.2. The van der Waals surface area contributed by atoms with Crippen LogP contribution in [0.4, 0.5) is 5.69 Å². The molecule has 1 aliphatic heterocycles. The smallest absolute Gasteiger partial charge is 0.350 e. The van der Waals surface area contributed by atoms with Gasteiger partial charge in [-0.25, -0.2) is 9.59 Å². The number of carbonyl (C=O) groups excluding carboxylic acids is 3. The molecule has 0 radical (unpaired) electrons. The molecule has 0 aromatic heterocycles. The quantitative estimate of drug-likeness (QED) is 0.382. The number of hydrogen-bond acceptors (Lipinski definition) is 6. The molecule has 1 fully saturated rings. The van der Waals surface area contributed by atoms with E-state index in [-0.39, 0.29) is 11.4 Å². The van der Waals surface area contributed by atoms with E-state index in [4.69, 9.17) is 9.47 Å². The van der Waals surface area contributed by atoms with Crippen LogP contribution in [-0.2, 0) is 19.1 Å². The van der Waals surface area contributed by atoms with Crippen LogP contribution in [0, 0.1) is 0 Å². The van der Waals surface area contributed by atoms with Crippen LogP contribution in [-0.4, -0.2) is 23.5 Å². The predicted octanol–water partition coefficient (Wildman–Crippen LogP) is 2.78. The van der Waals surface area contributed by atoms with Crippen molar-refractivity contribution < 1.29 is 23.9 Å². The summed E-state index contributed by atoms with van der Waals surface area (Å²) < 4.78 is 10.7. The monoisotopic (exact) mass is 367 g/mol. The highest BCUT2D eigenvalue weighted by molar-refractivity contribution is 9.10. The fraction of sp³-hybridized carbons (Fsp3) is 0.267. The van der Waals surface area contributed by atoms with Crippen molar-refractivity contribution in [3.05, 3.63) is 40.0 Å². The molecule has 116 valence electrons. The molecule has 0 amide bonds. The minimum absolute atomic E-state index is 0.155. The molecule has 1 aromatic carbocycles. The summed E-state index contributed by atoms with van der Waals surface area (Å²) in [4.78, 5) is 35.2. The summed E-state index contributed by atoms with van der Waals surface area (Å²) in [6, 6.07) is 5.03. The number of cyclic esters (lactones) is 2. The summed E-state index contributed by atoms with van der Waals surface area (Å²) in [6.45, 7) is 4.36. The first-order chi connectivity index (χ1) is 10.2. The topological polar surface area (TPSA) is 81.7 Å². The van der Waals surface area contributed by atoms with Crippen LogP contribution in [0.1, 0.15) is 31.1 Å². The van der Waals surface area contributed by atoms with Crippen molar-refractivity contribution in [2.24, 2.45) is 0 Å². The van der Waals surface area contributed by atoms with Crippen molar-refractivity contribution in [2.45, 2.75) is 26.6 Å². The molecule has 6 nitrogen and oxygen atoms in total. The van der Waals surface area contributed by atoms with E-state index >= 15 is 0 Å².